The van der Waals surface area contributed by atoms with Crippen molar-refractivity contribution in [1.29, 1.82) is 0 Å². The van der Waals surface area contributed by atoms with Gasteiger partial charge >= 0.3 is 16.3 Å². The summed E-state index contributed by atoms with van der Waals surface area (Å²) >= 11 is 5.60. The molecule has 5 nitrogen and oxygen atoms in total. The molecule has 10 heteroatoms. The topological polar surface area (TPSA) is 65.4 Å². The van der Waals surface area contributed by atoms with Gasteiger partial charge in [-0.15, -0.1) is 0 Å². The Bertz CT molecular complexity index is 1460. The molecule has 0 amide bonds. The van der Waals surface area contributed by atoms with Crippen molar-refractivity contribution < 1.29 is 30.6 Å². The molecule has 0 atom stereocenters. The number of hydrogen-bond donors (Lipinski definition) is 0. The van der Waals surface area contributed by atoms with E-state index in [1.807, 2.05) is 0 Å². The smallest absolute Gasteiger partial charge is 0.379 e. The first-order valence-electron chi connectivity index (χ1n) is 11.9. The summed E-state index contributed by atoms with van der Waals surface area (Å²) < 4.78 is 71.7. The van der Waals surface area contributed by atoms with Crippen LogP contribution in [0.2, 0.25) is 5.02 Å². The average Bonchev–Trinajstić information content (AvgIpc) is 3.19. The number of nitrogens with zero attached hydrogens (tertiary/aromatic N) is 1. The number of benzene rings is 2. The fourth-order valence-electron chi connectivity index (χ4n) is 7.03. The molecule has 4 bridgehead atoms. The summed E-state index contributed by atoms with van der Waals surface area (Å²) in [4.78, 5) is 13.1. The van der Waals surface area contributed by atoms with E-state index in [0.29, 0.717) is 34.7 Å². The van der Waals surface area contributed by atoms with Crippen molar-refractivity contribution >= 4 is 38.5 Å². The van der Waals surface area contributed by atoms with Gasteiger partial charge in [0.05, 0.1) is 21.5 Å². The van der Waals surface area contributed by atoms with Gasteiger partial charge in [-0.2, -0.15) is 21.6 Å². The van der Waals surface area contributed by atoms with E-state index in [1.165, 1.54) is 31.4 Å². The molecule has 0 spiro atoms. The molecule has 0 radical (unpaired) electrons. The van der Waals surface area contributed by atoms with Gasteiger partial charge in [-0.1, -0.05) is 11.6 Å². The van der Waals surface area contributed by atoms with Crippen LogP contribution in [0.1, 0.15) is 48.9 Å². The van der Waals surface area contributed by atoms with Gasteiger partial charge in [0.2, 0.25) is 5.91 Å². The Labute approximate surface area is 211 Å². The van der Waals surface area contributed by atoms with Crippen LogP contribution in [0, 0.1) is 23.2 Å². The molecule has 0 N–H and O–H groups in total. The number of carbonyl (C=O) groups is 1. The first-order valence-corrected chi connectivity index (χ1v) is 13.7. The van der Waals surface area contributed by atoms with Gasteiger partial charge in [-0.05, 0) is 98.7 Å². The Morgan fingerprint density at radius 3 is 2.22 bits per heavy atom. The molecule has 0 unspecified atom stereocenters. The van der Waals surface area contributed by atoms with Crippen LogP contribution in [0.3, 0.4) is 0 Å². The summed E-state index contributed by atoms with van der Waals surface area (Å²) in [5.41, 5.74) is -0.944. The van der Waals surface area contributed by atoms with Crippen molar-refractivity contribution in [2.45, 2.75) is 49.6 Å². The van der Waals surface area contributed by atoms with Gasteiger partial charge in [-0.3, -0.25) is 9.36 Å². The van der Waals surface area contributed by atoms with Crippen molar-refractivity contribution in [3.8, 4) is 5.75 Å². The first-order chi connectivity index (χ1) is 16.9. The Balaban J connectivity index is 1.28. The molecular weight excluding hydrogens is 515 g/mol. The minimum Gasteiger partial charge on any atom is -0.379 e. The molecule has 3 aromatic rings. The van der Waals surface area contributed by atoms with Gasteiger partial charge in [-0.25, -0.2) is 0 Å². The van der Waals surface area contributed by atoms with Crippen molar-refractivity contribution in [1.82, 2.24) is 4.57 Å². The molecule has 4 fully saturated rings. The highest BCUT2D eigenvalue weighted by Gasteiger charge is 2.55. The maximum atomic E-state index is 13.7. The highest BCUT2D eigenvalue weighted by Crippen LogP contribution is 2.60. The van der Waals surface area contributed by atoms with Gasteiger partial charge in [0.15, 0.2) is 0 Å². The van der Waals surface area contributed by atoms with Crippen LogP contribution in [-0.4, -0.2) is 18.9 Å². The number of rotatable bonds is 4. The Hall–Kier alpha value is -2.52. The van der Waals surface area contributed by atoms with Crippen LogP contribution in [0.15, 0.2) is 53.6 Å². The van der Waals surface area contributed by atoms with Crippen LogP contribution in [-0.2, 0) is 16.3 Å². The lowest BCUT2D eigenvalue weighted by Gasteiger charge is -2.55. The second-order valence-electron chi connectivity index (χ2n) is 10.6. The van der Waals surface area contributed by atoms with E-state index in [-0.39, 0.29) is 17.1 Å². The van der Waals surface area contributed by atoms with E-state index < -0.39 is 31.8 Å². The third kappa shape index (κ3) is 3.91. The molecule has 7 rings (SSSR count). The quantitative estimate of drug-likeness (QED) is 0.338. The highest BCUT2D eigenvalue weighted by molar-refractivity contribution is 7.87. The fraction of sp³-hybridized carbons (Fsp3) is 0.423. The van der Waals surface area contributed by atoms with E-state index in [0.717, 1.165) is 31.4 Å². The predicted octanol–water partition coefficient (Wildman–Crippen LogP) is 6.94. The molecule has 36 heavy (non-hydrogen) atoms. The minimum atomic E-state index is -4.81. The average molecular weight is 538 g/mol. The second-order valence-corrected chi connectivity index (χ2v) is 12.5. The van der Waals surface area contributed by atoms with Crippen molar-refractivity contribution in [2.75, 3.05) is 0 Å². The minimum absolute atomic E-state index is 0.0639. The van der Waals surface area contributed by atoms with Gasteiger partial charge in [0, 0.05) is 11.6 Å². The van der Waals surface area contributed by atoms with Crippen molar-refractivity contribution in [3.05, 3.63) is 59.2 Å². The van der Waals surface area contributed by atoms with E-state index in [1.54, 1.807) is 22.9 Å². The fourth-order valence-corrected chi connectivity index (χ4v) is 8.20. The van der Waals surface area contributed by atoms with Gasteiger partial charge < -0.3 is 4.18 Å². The molecule has 4 aliphatic rings. The van der Waals surface area contributed by atoms with E-state index in [2.05, 4.69) is 0 Å². The largest absolute Gasteiger partial charge is 0.417 e. The van der Waals surface area contributed by atoms with Crippen molar-refractivity contribution in [3.63, 3.8) is 0 Å². The first kappa shape index (κ1) is 23.9. The number of carbonyl (C=O) groups excluding carboxylic acids is 1. The van der Waals surface area contributed by atoms with E-state index in [9.17, 15) is 26.4 Å². The Kier molecular flexibility index (Phi) is 5.29. The van der Waals surface area contributed by atoms with Crippen LogP contribution >= 0.6 is 11.6 Å². The van der Waals surface area contributed by atoms with Gasteiger partial charge in [0.1, 0.15) is 10.6 Å². The molecule has 0 saturated heterocycles. The zero-order valence-electron chi connectivity index (χ0n) is 19.1. The number of fused-ring (bicyclic) bond motifs is 1. The maximum Gasteiger partial charge on any atom is 0.417 e. The molecule has 2 aromatic carbocycles. The molecular formula is C26H23ClF3NO4S. The van der Waals surface area contributed by atoms with Crippen LogP contribution in [0.5, 0.6) is 5.75 Å². The third-order valence-corrected chi connectivity index (χ3v) is 9.68. The monoisotopic (exact) mass is 537 g/mol. The molecule has 1 aromatic heterocycles. The SMILES string of the molecule is O=C(n1ccc2cc(OS(=O)(=O)c3ccc(Cl)c(C(F)(F)F)c3)ccc21)C12CC3CC(CC(C3)C1)C2. The summed E-state index contributed by atoms with van der Waals surface area (Å²) in [6.45, 7) is 0. The summed E-state index contributed by atoms with van der Waals surface area (Å²) in [7, 11) is -4.55. The molecule has 190 valence electrons. The third-order valence-electron chi connectivity index (χ3n) is 8.11. The van der Waals surface area contributed by atoms with Crippen molar-refractivity contribution in [2.24, 2.45) is 23.2 Å². The molecule has 4 aliphatic carbocycles. The Morgan fingerprint density at radius 2 is 1.61 bits per heavy atom. The number of aromatic nitrogens is 1. The maximum absolute atomic E-state index is 13.7. The summed E-state index contributed by atoms with van der Waals surface area (Å²) in [6, 6.07) is 8.50. The lowest BCUT2D eigenvalue weighted by Crippen LogP contribution is -2.51. The lowest BCUT2D eigenvalue weighted by atomic mass is 9.49. The number of halogens is 4. The molecule has 0 aliphatic heterocycles. The summed E-state index contributed by atoms with van der Waals surface area (Å²) in [5.74, 6) is 1.90. The molecule has 1 heterocycles. The molecule has 4 saturated carbocycles. The standard InChI is InChI=1S/C26H23ClF3NO4S/c27-22-3-2-20(11-21(22)26(28,29)30)36(33,34)35-19-1-4-23-18(10-19)5-6-31(23)24(32)25-12-15-7-16(13-25)9-17(8-15)14-25/h1-6,10-11,15-17H,7-9,12-14H2. The lowest BCUT2D eigenvalue weighted by molar-refractivity contribution is -0.137. The second kappa shape index (κ2) is 7.99. The summed E-state index contributed by atoms with van der Waals surface area (Å²) in [6.07, 6.45) is 3.37. The van der Waals surface area contributed by atoms with E-state index in [4.69, 9.17) is 15.8 Å². The highest BCUT2D eigenvalue weighted by atomic mass is 35.5. The number of alkyl halides is 3. The van der Waals surface area contributed by atoms with Gasteiger partial charge in [0.25, 0.3) is 0 Å². The normalized spacial score (nSPS) is 27.5. The Morgan fingerprint density at radius 1 is 0.972 bits per heavy atom. The van der Waals surface area contributed by atoms with Crippen LogP contribution in [0.25, 0.3) is 10.9 Å². The van der Waals surface area contributed by atoms with Crippen LogP contribution in [0.4, 0.5) is 13.2 Å². The predicted molar refractivity (Wildman–Crippen MR) is 127 cm³/mol. The zero-order valence-corrected chi connectivity index (χ0v) is 20.7. The number of hydrogen-bond acceptors (Lipinski definition) is 4. The zero-order chi connectivity index (χ0) is 25.5. The van der Waals surface area contributed by atoms with E-state index >= 15 is 0 Å². The summed E-state index contributed by atoms with van der Waals surface area (Å²) in [5, 5.41) is 0.000708. The van der Waals surface area contributed by atoms with Crippen LogP contribution < -0.4 is 4.18 Å².